The largest absolute Gasteiger partial charge is 0.454 e. The molecule has 1 aliphatic heterocycles. The highest BCUT2D eigenvalue weighted by molar-refractivity contribution is 6.00. The van der Waals surface area contributed by atoms with Crippen molar-refractivity contribution in [1.29, 1.82) is 0 Å². The van der Waals surface area contributed by atoms with E-state index >= 15 is 22.0 Å². The van der Waals surface area contributed by atoms with Crippen LogP contribution < -0.4 is 9.47 Å². The van der Waals surface area contributed by atoms with E-state index in [0.717, 1.165) is 93.4 Å². The van der Waals surface area contributed by atoms with Crippen molar-refractivity contribution in [1.82, 2.24) is 77.7 Å². The maximum Gasteiger partial charge on any atom is 0.417 e. The van der Waals surface area contributed by atoms with Gasteiger partial charge in [0.15, 0.2) is 40.6 Å². The van der Waals surface area contributed by atoms with Gasteiger partial charge in [-0.3, -0.25) is 29.9 Å². The van der Waals surface area contributed by atoms with Crippen LogP contribution in [0.2, 0.25) is 0 Å². The smallest absolute Gasteiger partial charge is 0.417 e. The van der Waals surface area contributed by atoms with E-state index in [1.54, 1.807) is 181 Å². The molecule has 17 heterocycles. The van der Waals surface area contributed by atoms with E-state index < -0.39 is 35.0 Å². The number of hydrogen-bond acceptors (Lipinski definition) is 13. The minimum absolute atomic E-state index is 0.00212. The van der Waals surface area contributed by atoms with Crippen molar-refractivity contribution in [3.8, 4) is 96.2 Å². The number of benzene rings is 9. The van der Waals surface area contributed by atoms with Gasteiger partial charge in [0.2, 0.25) is 6.79 Å². The van der Waals surface area contributed by atoms with E-state index in [0.29, 0.717) is 89.6 Å². The van der Waals surface area contributed by atoms with Crippen LogP contribution in [0.5, 0.6) is 11.5 Å². The minimum atomic E-state index is -4.64. The molecule has 25 aromatic rings. The van der Waals surface area contributed by atoms with E-state index in [4.69, 9.17) is 9.47 Å². The number of pyridine rings is 11. The maximum absolute atomic E-state index is 16.0. The van der Waals surface area contributed by atoms with Crippen molar-refractivity contribution in [2.24, 2.45) is 0 Å². The van der Waals surface area contributed by atoms with Gasteiger partial charge in [0.1, 0.15) is 34.3 Å². The molecule has 0 N–H and O–H groups in total. The number of hydrogen-bond donors (Lipinski definition) is 0. The summed E-state index contributed by atoms with van der Waals surface area (Å²) >= 11 is 0. The van der Waals surface area contributed by atoms with Crippen LogP contribution in [0.4, 0.5) is 39.5 Å². The van der Waals surface area contributed by atoms with Gasteiger partial charge in [0.25, 0.3) is 0 Å². The third kappa shape index (κ3) is 15.9. The Hall–Kier alpha value is -18.4. The molecule has 139 heavy (non-hydrogen) atoms. The molecule has 672 valence electrons. The monoisotopic (exact) mass is 1840 g/mol. The fourth-order valence-corrected chi connectivity index (χ4v) is 17.8. The second-order valence-corrected chi connectivity index (χ2v) is 32.4. The standard InChI is InChI=1S/C23H13F4N3.C23H14FN3O2.C23H16FN3.C22H13F2N3.C21H13FN4/c24-20-21(15-5-1-3-7-17(15)23(25,26)27)29-18-8-4-2-6-16(18)22(20)30-12-10-14-13-28-11-9-19(14)30;24-21-22(14-5-6-19-20(11-14)29-13-28-19)26-17-4-2-1-3-16(17)23(21)27-10-8-15-12-25-9-7-18(15)27;1-15-6-2-3-7-17(15)22-21(24)23(18-8-4-5-9-19(18)26-22)27-13-11-16-14-25-12-10-20(16)27;23-17-7-3-1-5-15(17)21-20(24)22(16-6-2-4-8-18(16)26-21)27-12-10-14-13-25-11-9-19(14)27;22-19-20(14-5-9-23-10-6-14)25-17-4-2-1-3-16(17)21(19)26-12-8-15-13-24-11-7-18(15)26/h1-13H;1-12H,13H2;2-14H,1H3;1-13H;1-13H. The van der Waals surface area contributed by atoms with E-state index in [2.05, 4.69) is 54.8 Å². The number of fused-ring (bicyclic) bond motifs is 11. The lowest BCUT2D eigenvalue weighted by molar-refractivity contribution is -0.137. The zero-order chi connectivity index (χ0) is 94.5. The molecule has 0 spiro atoms. The number of ether oxygens (including phenoxy) is 2. The van der Waals surface area contributed by atoms with E-state index in [9.17, 15) is 17.6 Å². The highest BCUT2D eigenvalue weighted by Crippen LogP contribution is 2.45. The number of halogens is 9. The summed E-state index contributed by atoms with van der Waals surface area (Å²) in [5.74, 6) is -1.71. The van der Waals surface area contributed by atoms with Crippen molar-refractivity contribution in [3.05, 3.63) is 436 Å². The Morgan fingerprint density at radius 2 is 0.561 bits per heavy atom. The number of nitrogens with zero attached hydrogens (tertiary/aromatic N) is 16. The summed E-state index contributed by atoms with van der Waals surface area (Å²) in [6.07, 6.45) is 24.8. The second-order valence-electron chi connectivity index (χ2n) is 32.4. The maximum atomic E-state index is 16.0. The first-order valence-electron chi connectivity index (χ1n) is 43.8. The lowest BCUT2D eigenvalue weighted by atomic mass is 10.0. The predicted molar refractivity (Wildman–Crippen MR) is 522 cm³/mol. The Morgan fingerprint density at radius 1 is 0.266 bits per heavy atom. The molecule has 0 unspecified atom stereocenters. The van der Waals surface area contributed by atoms with Crippen LogP contribution in [-0.4, -0.2) is 84.5 Å². The zero-order valence-electron chi connectivity index (χ0n) is 73.0. The van der Waals surface area contributed by atoms with Gasteiger partial charge in [-0.15, -0.1) is 0 Å². The second kappa shape index (κ2) is 36.2. The third-order valence-corrected chi connectivity index (χ3v) is 24.3. The Bertz CT molecular complexity index is 8890. The molecule has 9 aromatic carbocycles. The molecule has 0 aliphatic carbocycles. The number of aromatic nitrogens is 16. The average molecular weight is 1840 g/mol. The molecular weight excluding hydrogens is 1770 g/mol. The molecule has 0 radical (unpaired) electrons. The molecule has 18 nitrogen and oxygen atoms in total. The van der Waals surface area contributed by atoms with E-state index in [1.165, 1.54) is 30.3 Å². The molecule has 0 atom stereocenters. The van der Waals surface area contributed by atoms with Crippen LogP contribution in [0, 0.1) is 41.8 Å². The summed E-state index contributed by atoms with van der Waals surface area (Å²) < 4.78 is 154. The molecule has 26 rings (SSSR count). The summed E-state index contributed by atoms with van der Waals surface area (Å²) in [7, 11) is 0. The van der Waals surface area contributed by atoms with Gasteiger partial charge in [-0.1, -0.05) is 146 Å². The first-order valence-corrected chi connectivity index (χ1v) is 43.8. The summed E-state index contributed by atoms with van der Waals surface area (Å²) in [5.41, 5.74) is 12.0. The van der Waals surface area contributed by atoms with Gasteiger partial charge >= 0.3 is 6.18 Å². The van der Waals surface area contributed by atoms with Gasteiger partial charge in [-0.25, -0.2) is 51.3 Å². The number of rotatable bonds is 10. The average Bonchev–Trinajstić information content (AvgIpc) is 1.44. The first kappa shape index (κ1) is 86.0. The van der Waals surface area contributed by atoms with Crippen LogP contribution in [0.15, 0.2) is 390 Å². The van der Waals surface area contributed by atoms with Crippen LogP contribution in [0.3, 0.4) is 0 Å². The zero-order valence-corrected chi connectivity index (χ0v) is 73.0. The number of aryl methyl sites for hydroxylation is 1. The first-order chi connectivity index (χ1) is 68.0. The van der Waals surface area contributed by atoms with Gasteiger partial charge in [-0.05, 0) is 152 Å². The van der Waals surface area contributed by atoms with Crippen LogP contribution in [-0.2, 0) is 6.18 Å². The number of alkyl halides is 3. The lowest BCUT2D eigenvalue weighted by Crippen LogP contribution is -2.09. The normalized spacial score (nSPS) is 11.8. The summed E-state index contributed by atoms with van der Waals surface area (Å²) in [5, 5.41) is 7.98. The molecule has 0 saturated carbocycles. The topological polar surface area (TPSA) is 185 Å². The summed E-state index contributed by atoms with van der Waals surface area (Å²) in [6, 6.07) is 83.2. The Labute approximate surface area is 783 Å². The summed E-state index contributed by atoms with van der Waals surface area (Å²) in [4.78, 5) is 47.2. The minimum Gasteiger partial charge on any atom is -0.454 e. The Morgan fingerprint density at radius 3 is 0.935 bits per heavy atom. The van der Waals surface area contributed by atoms with Crippen molar-refractivity contribution >= 4 is 109 Å². The van der Waals surface area contributed by atoms with Crippen molar-refractivity contribution in [2.45, 2.75) is 13.1 Å². The molecular formula is C112H69F9N16O2. The third-order valence-electron chi connectivity index (χ3n) is 24.3. The van der Waals surface area contributed by atoms with Crippen molar-refractivity contribution in [3.63, 3.8) is 0 Å². The predicted octanol–water partition coefficient (Wildman–Crippen LogP) is 27.5. The Kier molecular flexibility index (Phi) is 22.4. The van der Waals surface area contributed by atoms with Crippen LogP contribution in [0.1, 0.15) is 11.1 Å². The van der Waals surface area contributed by atoms with E-state index in [-0.39, 0.29) is 52.3 Å². The highest BCUT2D eigenvalue weighted by atomic mass is 19.4. The van der Waals surface area contributed by atoms with Crippen LogP contribution >= 0.6 is 0 Å². The molecule has 0 fully saturated rings. The molecule has 27 heteroatoms. The number of para-hydroxylation sites is 5. The molecule has 16 aromatic heterocycles. The molecule has 1 aliphatic rings. The van der Waals surface area contributed by atoms with Crippen molar-refractivity contribution < 1.29 is 49.0 Å². The Balaban J connectivity index is 0.000000100. The molecule has 0 bridgehead atoms. The van der Waals surface area contributed by atoms with Gasteiger partial charge < -0.3 is 32.3 Å². The molecule has 0 saturated heterocycles. The van der Waals surface area contributed by atoms with Gasteiger partial charge in [0, 0.05) is 187 Å². The van der Waals surface area contributed by atoms with Crippen molar-refractivity contribution in [2.75, 3.05) is 6.79 Å². The quantitative estimate of drug-likeness (QED) is 0.118. The molecule has 0 amide bonds. The van der Waals surface area contributed by atoms with Gasteiger partial charge in [-0.2, -0.15) is 13.2 Å². The van der Waals surface area contributed by atoms with Gasteiger partial charge in [0.05, 0.1) is 89.2 Å². The SMILES string of the molecule is Cc1ccccc1-c1nc2ccccc2c(-n2ccc3cnccc32)c1F.Fc1c(-c2ccc3c(c2)OCO3)nc2ccccc2c1-n1ccc2cnccc21.Fc1c(-c2ccccc2C(F)(F)F)nc2ccccc2c1-n1ccc2cnccc21.Fc1c(-c2ccncc2)nc2ccccc2c1-n1ccc2cnccc21.Fc1ccccc1-c1nc2ccccc2c(-n2ccc3cnccc32)c1F. The van der Waals surface area contributed by atoms with E-state index in [1.807, 2.05) is 203 Å². The van der Waals surface area contributed by atoms with Crippen LogP contribution in [0.25, 0.3) is 194 Å². The fourth-order valence-electron chi connectivity index (χ4n) is 17.8. The fraction of sp³-hybridized carbons (Fsp3) is 0.0268. The summed E-state index contributed by atoms with van der Waals surface area (Å²) in [6.45, 7) is 2.14. The lowest BCUT2D eigenvalue weighted by Gasteiger charge is -2.17. The highest BCUT2D eigenvalue weighted by Gasteiger charge is 2.36.